The highest BCUT2D eigenvalue weighted by molar-refractivity contribution is 5.96. The van der Waals surface area contributed by atoms with Crippen molar-refractivity contribution < 1.29 is 19.1 Å². The van der Waals surface area contributed by atoms with E-state index in [-0.39, 0.29) is 17.2 Å². The van der Waals surface area contributed by atoms with Crippen LogP contribution < -0.4 is 10.1 Å². The largest absolute Gasteiger partial charge is 0.493 e. The molecule has 1 fully saturated rings. The lowest BCUT2D eigenvalue weighted by Crippen LogP contribution is -2.51. The van der Waals surface area contributed by atoms with Crippen molar-refractivity contribution in [2.24, 2.45) is 5.41 Å². The summed E-state index contributed by atoms with van der Waals surface area (Å²) in [6.45, 7) is 3.19. The Morgan fingerprint density at radius 3 is 2.89 bits per heavy atom. The molecule has 3 rings (SSSR count). The Morgan fingerprint density at radius 2 is 2.04 bits per heavy atom. The first-order valence-corrected chi connectivity index (χ1v) is 10.4. The standard InChI is InChI=1S/C22H32N2O4/c1-27-15-10-20(25)24-13-7-12-22(17-24)11-5-2-6-14-28-19-9-4-3-8-18(19)21(26)23-16-22/h3-4,8-9H,2,5-7,10-17H2,1H3,(H,23,26). The number of carbonyl (C=O) groups is 2. The number of ether oxygens (including phenoxy) is 2. The number of nitrogens with one attached hydrogen (secondary N) is 1. The van der Waals surface area contributed by atoms with Crippen molar-refractivity contribution in [1.29, 1.82) is 0 Å². The molecule has 2 aliphatic rings. The predicted octanol–water partition coefficient (Wildman–Crippen LogP) is 3.01. The highest BCUT2D eigenvalue weighted by atomic mass is 16.5. The summed E-state index contributed by atoms with van der Waals surface area (Å²) in [5.74, 6) is 0.699. The molecule has 6 nitrogen and oxygen atoms in total. The maximum Gasteiger partial charge on any atom is 0.255 e. The maximum atomic E-state index is 12.8. The Balaban J connectivity index is 1.73. The van der Waals surface area contributed by atoms with Crippen molar-refractivity contribution >= 4 is 11.8 Å². The molecule has 28 heavy (non-hydrogen) atoms. The van der Waals surface area contributed by atoms with Crippen molar-refractivity contribution in [3.05, 3.63) is 29.8 Å². The quantitative estimate of drug-likeness (QED) is 0.864. The summed E-state index contributed by atoms with van der Waals surface area (Å²) in [6, 6.07) is 7.42. The lowest BCUT2D eigenvalue weighted by molar-refractivity contribution is -0.135. The molecule has 1 N–H and O–H groups in total. The zero-order valence-corrected chi connectivity index (χ0v) is 16.9. The number of amides is 2. The van der Waals surface area contributed by atoms with Crippen LogP contribution in [-0.4, -0.2) is 56.7 Å². The SMILES string of the molecule is COCCC(=O)N1CCCC2(CCCCCOc3ccccc3C(=O)NC2)C1. The summed E-state index contributed by atoms with van der Waals surface area (Å²) in [4.78, 5) is 27.3. The van der Waals surface area contributed by atoms with Crippen molar-refractivity contribution in [1.82, 2.24) is 10.2 Å². The summed E-state index contributed by atoms with van der Waals surface area (Å²) < 4.78 is 10.9. The van der Waals surface area contributed by atoms with Crippen LogP contribution in [0.4, 0.5) is 0 Å². The molecule has 2 heterocycles. The van der Waals surface area contributed by atoms with Crippen LogP contribution in [0.25, 0.3) is 0 Å². The van der Waals surface area contributed by atoms with E-state index in [1.807, 2.05) is 29.2 Å². The van der Waals surface area contributed by atoms with Crippen LogP contribution >= 0.6 is 0 Å². The van der Waals surface area contributed by atoms with Gasteiger partial charge in [-0.1, -0.05) is 25.0 Å². The third kappa shape index (κ3) is 5.25. The van der Waals surface area contributed by atoms with E-state index in [0.717, 1.165) is 45.1 Å². The molecule has 0 aromatic heterocycles. The molecule has 1 spiro atoms. The fourth-order valence-electron chi connectivity index (χ4n) is 4.31. The Labute approximate surface area is 167 Å². The zero-order valence-electron chi connectivity index (χ0n) is 16.9. The topological polar surface area (TPSA) is 67.9 Å². The van der Waals surface area contributed by atoms with Crippen LogP contribution in [0.3, 0.4) is 0 Å². The number of fused-ring (bicyclic) bond motifs is 1. The first-order chi connectivity index (χ1) is 13.6. The van der Waals surface area contributed by atoms with Gasteiger partial charge in [-0.05, 0) is 37.8 Å². The van der Waals surface area contributed by atoms with Gasteiger partial charge in [0.2, 0.25) is 5.91 Å². The normalized spacial score (nSPS) is 23.8. The van der Waals surface area contributed by atoms with Crippen molar-refractivity contribution in [3.8, 4) is 5.75 Å². The maximum absolute atomic E-state index is 12.8. The number of hydrogen-bond donors (Lipinski definition) is 1. The van der Waals surface area contributed by atoms with Gasteiger partial charge in [0.15, 0.2) is 0 Å². The molecule has 0 saturated carbocycles. The highest BCUT2D eigenvalue weighted by Crippen LogP contribution is 2.35. The minimum Gasteiger partial charge on any atom is -0.493 e. The molecule has 0 radical (unpaired) electrons. The summed E-state index contributed by atoms with van der Waals surface area (Å²) >= 11 is 0. The second-order valence-electron chi connectivity index (χ2n) is 8.00. The number of methoxy groups -OCH3 is 1. The number of para-hydroxylation sites is 1. The van der Waals surface area contributed by atoms with Gasteiger partial charge in [-0.3, -0.25) is 9.59 Å². The number of nitrogens with zero attached hydrogens (tertiary/aromatic N) is 1. The highest BCUT2D eigenvalue weighted by Gasteiger charge is 2.37. The number of benzene rings is 1. The van der Waals surface area contributed by atoms with Gasteiger partial charge < -0.3 is 19.7 Å². The molecule has 2 aliphatic heterocycles. The molecule has 1 saturated heterocycles. The number of likely N-dealkylation sites (tertiary alicyclic amines) is 1. The Hall–Kier alpha value is -2.08. The van der Waals surface area contributed by atoms with E-state index in [1.165, 1.54) is 0 Å². The fraction of sp³-hybridized carbons (Fsp3) is 0.636. The molecule has 1 aromatic rings. The van der Waals surface area contributed by atoms with E-state index < -0.39 is 0 Å². The van der Waals surface area contributed by atoms with Gasteiger partial charge in [-0.25, -0.2) is 0 Å². The fourth-order valence-corrected chi connectivity index (χ4v) is 4.31. The third-order valence-corrected chi connectivity index (χ3v) is 5.90. The van der Waals surface area contributed by atoms with E-state index in [2.05, 4.69) is 5.32 Å². The number of piperidine rings is 1. The van der Waals surface area contributed by atoms with Gasteiger partial charge in [0.05, 0.1) is 25.2 Å². The molecule has 0 aliphatic carbocycles. The molecule has 2 amide bonds. The lowest BCUT2D eigenvalue weighted by atomic mass is 9.75. The number of carbonyl (C=O) groups excluding carboxylic acids is 2. The van der Waals surface area contributed by atoms with Gasteiger partial charge in [0, 0.05) is 32.2 Å². The van der Waals surface area contributed by atoms with Crippen LogP contribution in [0, 0.1) is 5.41 Å². The third-order valence-electron chi connectivity index (χ3n) is 5.90. The summed E-state index contributed by atoms with van der Waals surface area (Å²) in [5.41, 5.74) is 0.535. The predicted molar refractivity (Wildman–Crippen MR) is 107 cm³/mol. The second kappa shape index (κ2) is 9.92. The first kappa shape index (κ1) is 20.6. The zero-order chi connectivity index (χ0) is 19.8. The molecule has 154 valence electrons. The van der Waals surface area contributed by atoms with Crippen molar-refractivity contribution in [2.45, 2.75) is 44.9 Å². The van der Waals surface area contributed by atoms with Gasteiger partial charge in [-0.2, -0.15) is 0 Å². The molecule has 1 atom stereocenters. The molecule has 1 unspecified atom stereocenters. The minimum absolute atomic E-state index is 0.0500. The van der Waals surface area contributed by atoms with Crippen molar-refractivity contribution in [2.75, 3.05) is 40.0 Å². The first-order valence-electron chi connectivity index (χ1n) is 10.4. The van der Waals surface area contributed by atoms with Gasteiger partial charge >= 0.3 is 0 Å². The molecular weight excluding hydrogens is 356 g/mol. The monoisotopic (exact) mass is 388 g/mol. The van der Waals surface area contributed by atoms with Gasteiger partial charge in [0.1, 0.15) is 5.75 Å². The van der Waals surface area contributed by atoms with E-state index in [4.69, 9.17) is 9.47 Å². The average molecular weight is 389 g/mol. The summed E-state index contributed by atoms with van der Waals surface area (Å²) in [7, 11) is 1.62. The minimum atomic E-state index is -0.0987. The van der Waals surface area contributed by atoms with Gasteiger partial charge in [0.25, 0.3) is 5.91 Å². The van der Waals surface area contributed by atoms with E-state index in [0.29, 0.717) is 44.0 Å². The molecule has 0 bridgehead atoms. The number of rotatable bonds is 3. The van der Waals surface area contributed by atoms with Crippen LogP contribution in [0.1, 0.15) is 55.3 Å². The Bertz CT molecular complexity index is 678. The van der Waals surface area contributed by atoms with E-state index in [1.54, 1.807) is 7.11 Å². The van der Waals surface area contributed by atoms with Crippen LogP contribution in [0.5, 0.6) is 5.75 Å². The lowest BCUT2D eigenvalue weighted by Gasteiger charge is -2.43. The number of hydrogen-bond acceptors (Lipinski definition) is 4. The smallest absolute Gasteiger partial charge is 0.255 e. The van der Waals surface area contributed by atoms with Crippen LogP contribution in [0.2, 0.25) is 0 Å². The Kier molecular flexibility index (Phi) is 7.31. The average Bonchev–Trinajstić information content (AvgIpc) is 2.72. The van der Waals surface area contributed by atoms with Crippen molar-refractivity contribution in [3.63, 3.8) is 0 Å². The van der Waals surface area contributed by atoms with E-state index in [9.17, 15) is 9.59 Å². The van der Waals surface area contributed by atoms with E-state index >= 15 is 0 Å². The molecular formula is C22H32N2O4. The molecule has 6 heteroatoms. The second-order valence-corrected chi connectivity index (χ2v) is 8.00. The summed E-state index contributed by atoms with van der Waals surface area (Å²) in [5, 5.41) is 3.14. The van der Waals surface area contributed by atoms with Crippen LogP contribution in [0.15, 0.2) is 24.3 Å². The van der Waals surface area contributed by atoms with Crippen LogP contribution in [-0.2, 0) is 9.53 Å². The molecule has 1 aromatic carbocycles. The Morgan fingerprint density at radius 1 is 1.21 bits per heavy atom. The summed E-state index contributed by atoms with van der Waals surface area (Å²) in [6.07, 6.45) is 6.61. The van der Waals surface area contributed by atoms with Gasteiger partial charge in [-0.15, -0.1) is 0 Å².